The quantitative estimate of drug-likeness (QED) is 0.108. The van der Waals surface area contributed by atoms with Crippen LogP contribution in [0.2, 0.25) is 15.1 Å². The van der Waals surface area contributed by atoms with E-state index in [0.29, 0.717) is 18.0 Å². The third kappa shape index (κ3) is 11.7. The van der Waals surface area contributed by atoms with Crippen molar-refractivity contribution in [2.75, 3.05) is 41.5 Å². The highest BCUT2D eigenvalue weighted by Gasteiger charge is 2.34. The summed E-state index contributed by atoms with van der Waals surface area (Å²) in [5, 5.41) is 19.9. The Morgan fingerprint density at radius 2 is 1.53 bits per heavy atom. The number of rotatable bonds is 14. The molecule has 0 aromatic heterocycles. The molecular weight excluding hydrogens is 821 g/mol. The fourth-order valence-electron chi connectivity index (χ4n) is 6.20. The Hall–Kier alpha value is -4.87. The molecule has 0 bridgehead atoms. The number of aliphatic hydroxyl groups is 1. The Balaban J connectivity index is 0.000000479. The van der Waals surface area contributed by atoms with Crippen molar-refractivity contribution in [1.82, 2.24) is 5.32 Å². The first-order valence-corrected chi connectivity index (χ1v) is 21.1. The average Bonchev–Trinajstić information content (AvgIpc) is 3.47. The van der Waals surface area contributed by atoms with Crippen molar-refractivity contribution < 1.29 is 24.2 Å². The van der Waals surface area contributed by atoms with E-state index in [0.717, 1.165) is 30.0 Å². The van der Waals surface area contributed by atoms with Crippen LogP contribution in [-0.2, 0) is 20.4 Å². The van der Waals surface area contributed by atoms with Crippen molar-refractivity contribution in [3.8, 4) is 5.75 Å². The van der Waals surface area contributed by atoms with Gasteiger partial charge in [0.2, 0.25) is 0 Å². The van der Waals surface area contributed by atoms with Gasteiger partial charge in [0.05, 0.1) is 22.2 Å². The lowest BCUT2D eigenvalue weighted by Gasteiger charge is -2.30. The van der Waals surface area contributed by atoms with Gasteiger partial charge >= 0.3 is 0 Å². The maximum absolute atomic E-state index is 13.1. The Labute approximate surface area is 369 Å². The van der Waals surface area contributed by atoms with E-state index in [1.54, 1.807) is 18.2 Å². The summed E-state index contributed by atoms with van der Waals surface area (Å²) in [7, 11) is 0. The molecule has 10 nitrogen and oxygen atoms in total. The zero-order valence-corrected chi connectivity index (χ0v) is 38.2. The van der Waals surface area contributed by atoms with Crippen molar-refractivity contribution in [3.63, 3.8) is 0 Å². The van der Waals surface area contributed by atoms with Crippen LogP contribution < -0.4 is 25.3 Å². The summed E-state index contributed by atoms with van der Waals surface area (Å²) in [6.07, 6.45) is 1.89. The summed E-state index contributed by atoms with van der Waals surface area (Å²) in [4.78, 5) is 41.1. The molecule has 0 unspecified atom stereocenters. The van der Waals surface area contributed by atoms with Gasteiger partial charge in [-0.3, -0.25) is 14.4 Å². The van der Waals surface area contributed by atoms with Crippen molar-refractivity contribution in [1.29, 1.82) is 0 Å². The lowest BCUT2D eigenvalue weighted by molar-refractivity contribution is -0.118. The molecule has 60 heavy (non-hydrogen) atoms. The molecule has 0 saturated carbocycles. The molecule has 1 heterocycles. The summed E-state index contributed by atoms with van der Waals surface area (Å²) in [6, 6.07) is 21.8. The molecule has 0 atom stereocenters. The number of anilines is 3. The van der Waals surface area contributed by atoms with Gasteiger partial charge in [-0.25, -0.2) is 0 Å². The fraction of sp³-hybridized carbons (Fsp3) is 0.362. The predicted molar refractivity (Wildman–Crippen MR) is 248 cm³/mol. The number of hydrogen-bond donors (Lipinski definition) is 3. The summed E-state index contributed by atoms with van der Waals surface area (Å²) in [6.45, 7) is 24.8. The number of aryl methyl sites for hydroxylation is 2. The minimum Gasteiger partial charge on any atom is -0.483 e. The second-order valence-electron chi connectivity index (χ2n) is 15.9. The highest BCUT2D eigenvalue weighted by Crippen LogP contribution is 2.40. The summed E-state index contributed by atoms with van der Waals surface area (Å²) in [5.74, 6) is -0.983. The molecular formula is C47H56Cl3N5O5. The summed E-state index contributed by atoms with van der Waals surface area (Å²) in [5.41, 5.74) is 6.60. The van der Waals surface area contributed by atoms with Gasteiger partial charge in [0.15, 0.2) is 12.4 Å². The van der Waals surface area contributed by atoms with Crippen molar-refractivity contribution in [3.05, 3.63) is 128 Å². The molecule has 320 valence electrons. The number of amides is 3. The number of carbonyl (C=O) groups is 3. The van der Waals surface area contributed by atoms with Crippen LogP contribution >= 0.6 is 34.8 Å². The van der Waals surface area contributed by atoms with E-state index in [2.05, 4.69) is 120 Å². The molecule has 0 radical (unpaired) electrons. The first kappa shape index (κ1) is 47.8. The molecule has 0 fully saturated rings. The van der Waals surface area contributed by atoms with Crippen molar-refractivity contribution in [2.24, 2.45) is 5.10 Å². The number of halogens is 3. The highest BCUT2D eigenvalue weighted by atomic mass is 35.5. The zero-order valence-electron chi connectivity index (χ0n) is 35.9. The smallest absolute Gasteiger partial charge is 0.282 e. The van der Waals surface area contributed by atoms with Gasteiger partial charge in [0.25, 0.3) is 17.7 Å². The minimum atomic E-state index is -0.614. The molecule has 0 aliphatic carbocycles. The largest absolute Gasteiger partial charge is 0.483 e. The predicted octanol–water partition coefficient (Wildman–Crippen LogP) is 10.8. The van der Waals surface area contributed by atoms with Crippen LogP contribution in [0.5, 0.6) is 5.75 Å². The van der Waals surface area contributed by atoms with Crippen molar-refractivity contribution >= 4 is 75.4 Å². The number of likely N-dealkylation sites (N-methyl/N-ethyl adjacent to an activating group) is 1. The van der Waals surface area contributed by atoms with Crippen LogP contribution in [-0.4, -0.2) is 55.0 Å². The van der Waals surface area contributed by atoms with E-state index in [-0.39, 0.29) is 67.7 Å². The number of hydrogen-bond acceptors (Lipinski definition) is 7. The van der Waals surface area contributed by atoms with Gasteiger partial charge in [-0.1, -0.05) is 107 Å². The van der Waals surface area contributed by atoms with E-state index in [4.69, 9.17) is 44.6 Å². The number of benzene rings is 4. The fourth-order valence-corrected chi connectivity index (χ4v) is 7.17. The van der Waals surface area contributed by atoms with Crippen LogP contribution in [0.25, 0.3) is 0 Å². The second kappa shape index (κ2) is 20.6. The topological polar surface area (TPSA) is 124 Å². The number of nitrogens with one attached hydrogen (secondary N) is 2. The maximum Gasteiger partial charge on any atom is 0.282 e. The summed E-state index contributed by atoms with van der Waals surface area (Å²) >= 11 is 18.5. The van der Waals surface area contributed by atoms with Gasteiger partial charge in [0.1, 0.15) is 11.4 Å². The van der Waals surface area contributed by atoms with E-state index in [1.165, 1.54) is 40.6 Å². The van der Waals surface area contributed by atoms with E-state index in [1.807, 2.05) is 6.07 Å². The third-order valence-electron chi connectivity index (χ3n) is 11.0. The first-order valence-electron chi connectivity index (χ1n) is 20.0. The second-order valence-corrected chi connectivity index (χ2v) is 17.1. The Kier molecular flexibility index (Phi) is 16.4. The van der Waals surface area contributed by atoms with Gasteiger partial charge in [-0.05, 0) is 110 Å². The van der Waals surface area contributed by atoms with Gasteiger partial charge in [0, 0.05) is 40.6 Å². The van der Waals surface area contributed by atoms with E-state index in [9.17, 15) is 14.4 Å². The van der Waals surface area contributed by atoms with Gasteiger partial charge in [-0.15, -0.1) is 5.10 Å². The number of aliphatic hydroxyl groups excluding tert-OH is 1. The minimum absolute atomic E-state index is 0.0104. The third-order valence-corrected chi connectivity index (χ3v) is 11.8. The lowest BCUT2D eigenvalue weighted by Crippen LogP contribution is -2.31. The average molecular weight is 877 g/mol. The standard InChI is InChI=1S/C35H37Cl3N4O4.C12H19NO/c1-8-34(4,5)22-13-14-28(25(16-22)35(6,7)9-2)46-19-29(43)39-24-12-10-11-21(15-24)32(44)40-31-20(3)33(45)42(41-31)30-26(37)17-23(36)18-27(30)38;1-4-13(7-8-14)12-6-5-10(2)11(3)9-12/h10-18H,3,8-9,19H2,1-2,4-7H3,(H,39,43)(H,40,41,44);5-6,9,14H,4,7-8H2,1-3H3. The van der Waals surface area contributed by atoms with E-state index >= 15 is 0 Å². The zero-order chi connectivity index (χ0) is 44.5. The normalized spacial score (nSPS) is 12.8. The highest BCUT2D eigenvalue weighted by molar-refractivity contribution is 6.44. The number of nitrogens with zero attached hydrogens (tertiary/aromatic N) is 3. The molecule has 5 rings (SSSR count). The Morgan fingerprint density at radius 1 is 0.867 bits per heavy atom. The number of carbonyl (C=O) groups excluding carboxylic acids is 3. The summed E-state index contributed by atoms with van der Waals surface area (Å²) < 4.78 is 6.04. The molecule has 0 spiro atoms. The van der Waals surface area contributed by atoms with Crippen LogP contribution in [0.4, 0.5) is 17.1 Å². The van der Waals surface area contributed by atoms with Crippen LogP contribution in [0.1, 0.15) is 93.9 Å². The molecule has 3 amide bonds. The first-order chi connectivity index (χ1) is 28.3. The Morgan fingerprint density at radius 3 is 2.13 bits per heavy atom. The van der Waals surface area contributed by atoms with Crippen LogP contribution in [0.15, 0.2) is 90.0 Å². The van der Waals surface area contributed by atoms with Gasteiger partial charge in [-0.2, -0.15) is 5.01 Å². The van der Waals surface area contributed by atoms with E-state index < -0.39 is 11.8 Å². The molecule has 0 saturated heterocycles. The molecule has 13 heteroatoms. The SMILES string of the molecule is C=C1C(=O)N(c2c(Cl)cc(Cl)cc2Cl)N=C1NC(=O)c1cccc(NC(=O)COc2ccc(C(C)(C)CC)cc2C(C)(C)CC)c1.CCN(CCO)c1ccc(C)c(C)c1. The number of amidine groups is 1. The molecule has 4 aromatic rings. The van der Waals surface area contributed by atoms with Gasteiger partial charge < -0.3 is 25.4 Å². The van der Waals surface area contributed by atoms with Crippen LogP contribution in [0, 0.1) is 13.8 Å². The maximum atomic E-state index is 13.1. The van der Waals surface area contributed by atoms with Crippen molar-refractivity contribution in [2.45, 2.75) is 86.0 Å². The monoisotopic (exact) mass is 875 g/mol. The molecule has 3 N–H and O–H groups in total. The van der Waals surface area contributed by atoms with Crippen LogP contribution in [0.3, 0.4) is 0 Å². The molecule has 1 aliphatic heterocycles. The number of ether oxygens (including phenoxy) is 1. The molecule has 1 aliphatic rings. The number of hydrazone groups is 1. The lowest BCUT2D eigenvalue weighted by atomic mass is 9.76. The molecule has 4 aromatic carbocycles. The Bertz CT molecular complexity index is 2250.